The maximum absolute atomic E-state index is 13.9. The molecule has 4 aliphatic rings. The molecule has 3 aromatic rings. The molecule has 7 rings (SSSR count). The number of hydrogen-bond acceptors (Lipinski definition) is 6. The van der Waals surface area contributed by atoms with Gasteiger partial charge in [-0.2, -0.15) is 0 Å². The van der Waals surface area contributed by atoms with Gasteiger partial charge in [0.1, 0.15) is 5.92 Å². The van der Waals surface area contributed by atoms with Gasteiger partial charge >= 0.3 is 0 Å². The van der Waals surface area contributed by atoms with Gasteiger partial charge in [0.2, 0.25) is 11.4 Å². The number of rotatable bonds is 6. The third-order valence-electron chi connectivity index (χ3n) is 8.44. The van der Waals surface area contributed by atoms with E-state index in [2.05, 4.69) is 50.4 Å². The Morgan fingerprint density at radius 2 is 1.68 bits per heavy atom. The van der Waals surface area contributed by atoms with E-state index >= 15 is 0 Å². The molecule has 7 heteroatoms. The zero-order chi connectivity index (χ0) is 27.9. The van der Waals surface area contributed by atoms with Crippen LogP contribution in [-0.4, -0.2) is 61.4 Å². The molecule has 0 bridgehead atoms. The molecule has 1 fully saturated rings. The second kappa shape index (κ2) is 10.5. The van der Waals surface area contributed by atoms with Crippen molar-refractivity contribution in [3.8, 4) is 5.75 Å². The van der Waals surface area contributed by atoms with E-state index in [-0.39, 0.29) is 11.6 Å². The minimum atomic E-state index is -0.736. The molecular formula is C34H33N4O3+. The summed E-state index contributed by atoms with van der Waals surface area (Å²) < 4.78 is 6.33. The zero-order valence-corrected chi connectivity index (χ0v) is 23.2. The second-order valence-electron chi connectivity index (χ2n) is 11.1. The van der Waals surface area contributed by atoms with Gasteiger partial charge in [-0.25, -0.2) is 4.99 Å². The van der Waals surface area contributed by atoms with Gasteiger partial charge in [0.25, 0.3) is 0 Å². The summed E-state index contributed by atoms with van der Waals surface area (Å²) in [6, 6.07) is 23.6. The van der Waals surface area contributed by atoms with Crippen molar-refractivity contribution < 1.29 is 19.3 Å². The van der Waals surface area contributed by atoms with Crippen LogP contribution >= 0.6 is 0 Å². The van der Waals surface area contributed by atoms with Crippen molar-refractivity contribution in [2.75, 3.05) is 44.2 Å². The summed E-state index contributed by atoms with van der Waals surface area (Å²) in [6.07, 6.45) is 2.81. The van der Waals surface area contributed by atoms with Crippen molar-refractivity contribution >= 4 is 28.7 Å². The molecule has 0 amide bonds. The van der Waals surface area contributed by atoms with Crippen molar-refractivity contribution in [3.05, 3.63) is 113 Å². The van der Waals surface area contributed by atoms with Crippen LogP contribution in [0, 0.1) is 12.8 Å². The average molecular weight is 546 g/mol. The topological polar surface area (TPSA) is 75.9 Å². The lowest BCUT2D eigenvalue weighted by Crippen LogP contribution is -2.72. The Kier molecular flexibility index (Phi) is 6.51. The lowest BCUT2D eigenvalue weighted by molar-refractivity contribution is -0.361. The molecule has 0 aromatic heterocycles. The van der Waals surface area contributed by atoms with Crippen LogP contribution in [0.25, 0.3) is 0 Å². The third kappa shape index (κ3) is 4.66. The van der Waals surface area contributed by atoms with Crippen LogP contribution in [0.1, 0.15) is 32.7 Å². The molecule has 41 heavy (non-hydrogen) atoms. The molecule has 1 atom stereocenters. The molecule has 1 unspecified atom stereocenters. The summed E-state index contributed by atoms with van der Waals surface area (Å²) in [5, 5.41) is 3.52. The van der Waals surface area contributed by atoms with Crippen LogP contribution in [0.4, 0.5) is 11.4 Å². The first kappa shape index (κ1) is 25.5. The fraction of sp³-hybridized carbons (Fsp3) is 0.265. The number of anilines is 1. The average Bonchev–Trinajstić information content (AvgIpc) is 3.01. The Morgan fingerprint density at radius 1 is 0.927 bits per heavy atom. The lowest BCUT2D eigenvalue weighted by atomic mass is 9.72. The number of ketones is 2. The first-order valence-corrected chi connectivity index (χ1v) is 14.4. The van der Waals surface area contributed by atoms with Gasteiger partial charge in [0.15, 0.2) is 23.1 Å². The molecule has 2 N–H and O–H groups in total. The number of benzene rings is 3. The normalized spacial score (nSPS) is 19.8. The summed E-state index contributed by atoms with van der Waals surface area (Å²) in [7, 11) is 0. The van der Waals surface area contributed by atoms with E-state index < -0.39 is 5.92 Å². The maximum atomic E-state index is 13.9. The number of hydrogen-bond donors (Lipinski definition) is 2. The molecule has 206 valence electrons. The predicted octanol–water partition coefficient (Wildman–Crippen LogP) is 3.19. The summed E-state index contributed by atoms with van der Waals surface area (Å²) in [4.78, 5) is 36.0. The number of ether oxygens (including phenoxy) is 1. The Bertz CT molecular complexity index is 1630. The van der Waals surface area contributed by atoms with E-state index in [1.807, 2.05) is 43.3 Å². The Labute approximate surface area is 239 Å². The summed E-state index contributed by atoms with van der Waals surface area (Å²) in [5.41, 5.74) is 5.89. The van der Waals surface area contributed by atoms with Crippen molar-refractivity contribution in [2.24, 2.45) is 5.92 Å². The monoisotopic (exact) mass is 545 g/mol. The van der Waals surface area contributed by atoms with E-state index in [9.17, 15) is 9.59 Å². The number of nitrogens with one attached hydrogen (secondary N) is 2. The summed E-state index contributed by atoms with van der Waals surface area (Å²) >= 11 is 0. The highest BCUT2D eigenvalue weighted by molar-refractivity contribution is 6.32. The van der Waals surface area contributed by atoms with Crippen LogP contribution in [0.3, 0.4) is 0 Å². The van der Waals surface area contributed by atoms with E-state index in [1.54, 1.807) is 12.1 Å². The van der Waals surface area contributed by atoms with E-state index in [0.717, 1.165) is 50.4 Å². The van der Waals surface area contributed by atoms with Crippen molar-refractivity contribution in [2.45, 2.75) is 13.3 Å². The van der Waals surface area contributed by atoms with Crippen molar-refractivity contribution in [3.63, 3.8) is 0 Å². The van der Waals surface area contributed by atoms with Crippen LogP contribution in [-0.2, 0) is 0 Å². The second-order valence-corrected chi connectivity index (χ2v) is 11.1. The lowest BCUT2D eigenvalue weighted by Gasteiger charge is -2.36. The van der Waals surface area contributed by atoms with E-state index in [1.165, 1.54) is 5.69 Å². The molecule has 2 aliphatic carbocycles. The highest BCUT2D eigenvalue weighted by Crippen LogP contribution is 2.38. The highest BCUT2D eigenvalue weighted by atomic mass is 16.5. The minimum Gasteiger partial charge on any atom is -0.444 e. The summed E-state index contributed by atoms with van der Waals surface area (Å²) in [6.45, 7) is 7.75. The van der Waals surface area contributed by atoms with Crippen molar-refractivity contribution in [1.82, 2.24) is 10.2 Å². The standard InChI is InChI=1S/C34H32N4O3/c1-22-12-13-26-28(20-22)41-29-21-27(30-31(32(29)36-26)34(40)25-11-6-5-10-24(25)33(30)39)35-14-7-15-37-16-18-38(19-17-37)23-8-3-2-4-9-23/h2-6,8-13,20-21,31,35H,7,14-19H2,1H3/p+1. The van der Waals surface area contributed by atoms with Gasteiger partial charge in [-0.3, -0.25) is 14.5 Å². The molecule has 2 aliphatic heterocycles. The Balaban J connectivity index is 1.10. The van der Waals surface area contributed by atoms with Crippen LogP contribution in [0.15, 0.2) is 95.9 Å². The minimum absolute atomic E-state index is 0.0851. The maximum Gasteiger partial charge on any atom is 0.246 e. The fourth-order valence-electron chi connectivity index (χ4n) is 6.28. The van der Waals surface area contributed by atoms with Gasteiger partial charge in [0.05, 0.1) is 0 Å². The van der Waals surface area contributed by atoms with Gasteiger partial charge in [-0.05, 0) is 43.7 Å². The first-order chi connectivity index (χ1) is 20.1. The zero-order valence-electron chi connectivity index (χ0n) is 23.2. The number of fused-ring (bicyclic) bond motifs is 5. The van der Waals surface area contributed by atoms with Gasteiger partial charge in [-0.15, -0.1) is 0 Å². The van der Waals surface area contributed by atoms with Gasteiger partial charge in [-0.1, -0.05) is 48.5 Å². The van der Waals surface area contributed by atoms with Crippen LogP contribution in [0.2, 0.25) is 0 Å². The number of Topliss-reactive ketones (excluding diaryl/α,β-unsaturated/α-hetero) is 2. The molecule has 0 saturated carbocycles. The molecule has 0 radical (unpaired) electrons. The fourth-order valence-corrected chi connectivity index (χ4v) is 6.28. The number of aryl methyl sites for hydroxylation is 1. The highest BCUT2D eigenvalue weighted by Gasteiger charge is 2.49. The van der Waals surface area contributed by atoms with Crippen LogP contribution in [0.5, 0.6) is 5.75 Å². The van der Waals surface area contributed by atoms with Crippen LogP contribution < -0.4 is 19.9 Å². The molecule has 1 saturated heterocycles. The number of carbonyl (C=O) groups excluding carboxylic acids is 2. The first-order valence-electron chi connectivity index (χ1n) is 14.4. The predicted molar refractivity (Wildman–Crippen MR) is 159 cm³/mol. The largest absolute Gasteiger partial charge is 0.444 e. The van der Waals surface area contributed by atoms with Gasteiger partial charge in [0, 0.05) is 73.0 Å². The SMILES string of the molecule is Cc1ccc2c(c1)OC1=CC(NCCCN3CCN(c4ccccc4)CC3)=C3C(=O)c4ccccc4C(=O)C3C1=[NH+]2. The number of nitrogens with zero attached hydrogens (tertiary/aromatic N) is 2. The van der Waals surface area contributed by atoms with E-state index in [0.29, 0.717) is 46.2 Å². The molecule has 2 heterocycles. The Morgan fingerprint density at radius 3 is 2.49 bits per heavy atom. The molecule has 7 nitrogen and oxygen atoms in total. The Hall–Kier alpha value is -4.49. The number of carbonyl (C=O) groups is 2. The smallest absolute Gasteiger partial charge is 0.246 e. The van der Waals surface area contributed by atoms with Gasteiger partial charge < -0.3 is 15.0 Å². The van der Waals surface area contributed by atoms with Crippen molar-refractivity contribution in [1.29, 1.82) is 0 Å². The molecule has 3 aromatic carbocycles. The third-order valence-corrected chi connectivity index (χ3v) is 8.44. The molecular weight excluding hydrogens is 512 g/mol. The quantitative estimate of drug-likeness (QED) is 0.464. The number of allylic oxidation sites excluding steroid dienone is 3. The summed E-state index contributed by atoms with van der Waals surface area (Å²) in [5.74, 6) is 0.367. The number of para-hydroxylation sites is 1. The van der Waals surface area contributed by atoms with E-state index in [4.69, 9.17) is 4.74 Å². The number of piperazine rings is 1. The molecule has 0 spiro atoms.